The molecule has 106 valence electrons. The van der Waals surface area contributed by atoms with Crippen molar-refractivity contribution < 1.29 is 4.79 Å². The molecule has 1 aliphatic heterocycles. The number of unbranched alkanes of at least 4 members (excludes halogenated alkanes) is 1. The van der Waals surface area contributed by atoms with Gasteiger partial charge in [-0.25, -0.2) is 0 Å². The maximum Gasteiger partial charge on any atom is 0.246 e. The molecular weight excluding hydrogens is 246 g/mol. The minimum absolute atomic E-state index is 0.178. The van der Waals surface area contributed by atoms with Crippen LogP contribution in [0.3, 0.4) is 0 Å². The third-order valence-corrected chi connectivity index (χ3v) is 3.54. The number of nitrogens with zero attached hydrogens (tertiary/aromatic N) is 1. The van der Waals surface area contributed by atoms with Crippen molar-refractivity contribution in [2.45, 2.75) is 32.1 Å². The SMILES string of the molecule is O=C(C=CCCC=Cc1ccccc1)N1CCCCC1. The lowest BCUT2D eigenvalue weighted by atomic mass is 10.1. The van der Waals surface area contributed by atoms with Crippen molar-refractivity contribution in [2.75, 3.05) is 13.1 Å². The molecule has 0 atom stereocenters. The molecule has 1 aromatic carbocycles. The fourth-order valence-electron chi connectivity index (χ4n) is 2.38. The smallest absolute Gasteiger partial charge is 0.246 e. The van der Waals surface area contributed by atoms with E-state index in [4.69, 9.17) is 0 Å². The summed E-state index contributed by atoms with van der Waals surface area (Å²) < 4.78 is 0. The standard InChI is InChI=1S/C18H23NO/c20-18(19-15-9-4-10-16-19)14-8-2-1-5-11-17-12-6-3-7-13-17/h3,5-8,11-14H,1-2,4,9-10,15-16H2. The lowest BCUT2D eigenvalue weighted by Gasteiger charge is -2.25. The molecule has 0 bridgehead atoms. The zero-order chi connectivity index (χ0) is 14.0. The second-order valence-corrected chi connectivity index (χ2v) is 5.18. The molecule has 0 aromatic heterocycles. The molecule has 2 nitrogen and oxygen atoms in total. The topological polar surface area (TPSA) is 20.3 Å². The van der Waals surface area contributed by atoms with E-state index in [9.17, 15) is 4.79 Å². The van der Waals surface area contributed by atoms with Gasteiger partial charge >= 0.3 is 0 Å². The Balaban J connectivity index is 1.66. The molecular formula is C18H23NO. The molecule has 0 radical (unpaired) electrons. The van der Waals surface area contributed by atoms with Gasteiger partial charge in [0.25, 0.3) is 0 Å². The van der Waals surface area contributed by atoms with E-state index in [0.29, 0.717) is 0 Å². The highest BCUT2D eigenvalue weighted by Gasteiger charge is 2.13. The van der Waals surface area contributed by atoms with Gasteiger partial charge in [0.15, 0.2) is 0 Å². The number of hydrogen-bond acceptors (Lipinski definition) is 1. The lowest BCUT2D eigenvalue weighted by molar-refractivity contribution is -0.126. The fraction of sp³-hybridized carbons (Fsp3) is 0.389. The minimum atomic E-state index is 0.178. The van der Waals surface area contributed by atoms with Gasteiger partial charge in [-0.1, -0.05) is 48.6 Å². The van der Waals surface area contributed by atoms with Gasteiger partial charge in [0.2, 0.25) is 5.91 Å². The Morgan fingerprint density at radius 3 is 2.45 bits per heavy atom. The molecule has 0 spiro atoms. The van der Waals surface area contributed by atoms with Gasteiger partial charge in [0.1, 0.15) is 0 Å². The summed E-state index contributed by atoms with van der Waals surface area (Å²) in [6.45, 7) is 1.86. The Morgan fingerprint density at radius 2 is 1.70 bits per heavy atom. The molecule has 1 amide bonds. The van der Waals surface area contributed by atoms with E-state index in [1.807, 2.05) is 29.2 Å². The average molecular weight is 269 g/mol. The van der Waals surface area contributed by atoms with E-state index in [1.54, 1.807) is 6.08 Å². The fourth-order valence-corrected chi connectivity index (χ4v) is 2.38. The van der Waals surface area contributed by atoms with Crippen LogP contribution >= 0.6 is 0 Å². The maximum atomic E-state index is 11.9. The van der Waals surface area contributed by atoms with Crippen LogP contribution in [0.15, 0.2) is 48.6 Å². The van der Waals surface area contributed by atoms with Crippen molar-refractivity contribution in [3.63, 3.8) is 0 Å². The number of carbonyl (C=O) groups excluding carboxylic acids is 1. The third kappa shape index (κ3) is 5.04. The zero-order valence-corrected chi connectivity index (χ0v) is 12.0. The predicted octanol–water partition coefficient (Wildman–Crippen LogP) is 4.05. The Bertz CT molecular complexity index is 456. The van der Waals surface area contributed by atoms with Gasteiger partial charge in [-0.2, -0.15) is 0 Å². The molecule has 0 unspecified atom stereocenters. The second kappa shape index (κ2) is 8.36. The lowest BCUT2D eigenvalue weighted by Crippen LogP contribution is -2.34. The molecule has 0 aliphatic carbocycles. The second-order valence-electron chi connectivity index (χ2n) is 5.18. The van der Waals surface area contributed by atoms with Gasteiger partial charge in [-0.3, -0.25) is 4.79 Å². The van der Waals surface area contributed by atoms with Gasteiger partial charge in [0, 0.05) is 13.1 Å². The Hall–Kier alpha value is -1.83. The first-order chi connectivity index (χ1) is 9.86. The zero-order valence-electron chi connectivity index (χ0n) is 12.0. The van der Waals surface area contributed by atoms with E-state index >= 15 is 0 Å². The molecule has 1 aliphatic rings. The summed E-state index contributed by atoms with van der Waals surface area (Å²) in [6.07, 6.45) is 13.5. The van der Waals surface area contributed by atoms with Crippen LogP contribution in [0.1, 0.15) is 37.7 Å². The molecule has 1 saturated heterocycles. The highest BCUT2D eigenvalue weighted by atomic mass is 16.2. The Labute approximate surface area is 121 Å². The van der Waals surface area contributed by atoms with Crippen LogP contribution in [-0.2, 0) is 4.79 Å². The molecule has 0 N–H and O–H groups in total. The van der Waals surface area contributed by atoms with Crippen molar-refractivity contribution in [1.82, 2.24) is 4.90 Å². The molecule has 1 aromatic rings. The van der Waals surface area contributed by atoms with Crippen molar-refractivity contribution >= 4 is 12.0 Å². The van der Waals surface area contributed by atoms with E-state index in [-0.39, 0.29) is 5.91 Å². The highest BCUT2D eigenvalue weighted by Crippen LogP contribution is 2.09. The van der Waals surface area contributed by atoms with Crippen LogP contribution < -0.4 is 0 Å². The van der Waals surface area contributed by atoms with Gasteiger partial charge in [-0.05, 0) is 43.7 Å². The van der Waals surface area contributed by atoms with E-state index < -0.39 is 0 Å². The Kier molecular flexibility index (Phi) is 6.09. The summed E-state index contributed by atoms with van der Waals surface area (Å²) in [4.78, 5) is 13.8. The van der Waals surface area contributed by atoms with Gasteiger partial charge in [-0.15, -0.1) is 0 Å². The quantitative estimate of drug-likeness (QED) is 0.583. The number of likely N-dealkylation sites (tertiary alicyclic amines) is 1. The van der Waals surface area contributed by atoms with E-state index in [2.05, 4.69) is 24.3 Å². The van der Waals surface area contributed by atoms with Crippen LogP contribution in [0.4, 0.5) is 0 Å². The number of rotatable bonds is 5. The molecule has 1 heterocycles. The first kappa shape index (κ1) is 14.6. The summed E-state index contributed by atoms with van der Waals surface area (Å²) in [5.41, 5.74) is 1.22. The minimum Gasteiger partial charge on any atom is -0.339 e. The summed E-state index contributed by atoms with van der Waals surface area (Å²) in [7, 11) is 0. The van der Waals surface area contributed by atoms with Crippen molar-refractivity contribution in [3.05, 3.63) is 54.1 Å². The predicted molar refractivity (Wildman–Crippen MR) is 84.3 cm³/mol. The number of hydrogen-bond donors (Lipinski definition) is 0. The molecule has 20 heavy (non-hydrogen) atoms. The first-order valence-corrected chi connectivity index (χ1v) is 7.53. The van der Waals surface area contributed by atoms with Gasteiger partial charge < -0.3 is 4.90 Å². The van der Waals surface area contributed by atoms with Crippen LogP contribution in [0.25, 0.3) is 6.08 Å². The van der Waals surface area contributed by atoms with Crippen molar-refractivity contribution in [2.24, 2.45) is 0 Å². The van der Waals surface area contributed by atoms with Crippen LogP contribution in [0, 0.1) is 0 Å². The first-order valence-electron chi connectivity index (χ1n) is 7.53. The van der Waals surface area contributed by atoms with Crippen molar-refractivity contribution in [3.8, 4) is 0 Å². The van der Waals surface area contributed by atoms with E-state index in [0.717, 1.165) is 38.8 Å². The summed E-state index contributed by atoms with van der Waals surface area (Å²) >= 11 is 0. The average Bonchev–Trinajstić information content (AvgIpc) is 2.52. The number of allylic oxidation sites excluding steroid dienone is 2. The molecule has 0 saturated carbocycles. The summed E-state index contributed by atoms with van der Waals surface area (Å²) in [5.74, 6) is 0.178. The number of carbonyl (C=O) groups is 1. The normalized spacial score (nSPS) is 16.1. The number of benzene rings is 1. The number of piperidine rings is 1. The monoisotopic (exact) mass is 269 g/mol. The van der Waals surface area contributed by atoms with Crippen LogP contribution in [0.5, 0.6) is 0 Å². The summed E-state index contributed by atoms with van der Waals surface area (Å²) in [6, 6.07) is 10.3. The third-order valence-electron chi connectivity index (χ3n) is 3.54. The Morgan fingerprint density at radius 1 is 1.00 bits per heavy atom. The summed E-state index contributed by atoms with van der Waals surface area (Å²) in [5, 5.41) is 0. The highest BCUT2D eigenvalue weighted by molar-refractivity contribution is 5.87. The largest absolute Gasteiger partial charge is 0.339 e. The van der Waals surface area contributed by atoms with Crippen LogP contribution in [-0.4, -0.2) is 23.9 Å². The van der Waals surface area contributed by atoms with Gasteiger partial charge in [0.05, 0.1) is 0 Å². The van der Waals surface area contributed by atoms with Crippen molar-refractivity contribution in [1.29, 1.82) is 0 Å². The molecule has 2 heteroatoms. The van der Waals surface area contributed by atoms with E-state index in [1.165, 1.54) is 12.0 Å². The van der Waals surface area contributed by atoms with Crippen LogP contribution in [0.2, 0.25) is 0 Å². The maximum absolute atomic E-state index is 11.9. The number of amides is 1. The molecule has 2 rings (SSSR count). The molecule has 1 fully saturated rings.